The maximum Gasteiger partial charge on any atom is 0.00571 e. The molecule has 1 fully saturated rings. The maximum absolute atomic E-state index is 3.52. The van der Waals surface area contributed by atoms with Crippen molar-refractivity contribution < 1.29 is 0 Å². The fourth-order valence-electron chi connectivity index (χ4n) is 1.88. The van der Waals surface area contributed by atoms with Crippen LogP contribution < -0.4 is 0 Å². The summed E-state index contributed by atoms with van der Waals surface area (Å²) in [5.41, 5.74) is 0. The highest BCUT2D eigenvalue weighted by molar-refractivity contribution is 9.09. The molecule has 1 aliphatic carbocycles. The molecule has 1 saturated carbocycles. The van der Waals surface area contributed by atoms with E-state index in [1.165, 1.54) is 37.4 Å². The molecule has 0 spiro atoms. The van der Waals surface area contributed by atoms with Crippen molar-refractivity contribution >= 4 is 15.9 Å². The summed E-state index contributed by atoms with van der Waals surface area (Å²) in [6.45, 7) is 2.34. The highest BCUT2D eigenvalue weighted by atomic mass is 79.9. The van der Waals surface area contributed by atoms with E-state index in [2.05, 4.69) is 22.9 Å². The second-order valence-electron chi connectivity index (χ2n) is 3.65. The van der Waals surface area contributed by atoms with Crippen molar-refractivity contribution in [3.05, 3.63) is 0 Å². The van der Waals surface area contributed by atoms with Crippen LogP contribution in [0.3, 0.4) is 0 Å². The van der Waals surface area contributed by atoms with Gasteiger partial charge < -0.3 is 0 Å². The van der Waals surface area contributed by atoms with Crippen molar-refractivity contribution in [2.45, 2.75) is 39.0 Å². The molecule has 1 unspecified atom stereocenters. The van der Waals surface area contributed by atoms with Gasteiger partial charge in [-0.3, -0.25) is 0 Å². The lowest BCUT2D eigenvalue weighted by Gasteiger charge is -2.12. The molecule has 0 aromatic carbocycles. The highest BCUT2D eigenvalue weighted by Crippen LogP contribution is 2.30. The molecule has 60 valence electrons. The molecule has 0 radical (unpaired) electrons. The molecular weight excluding hydrogens is 188 g/mol. The molecule has 0 heterocycles. The van der Waals surface area contributed by atoms with Gasteiger partial charge in [0.05, 0.1) is 0 Å². The number of alkyl halides is 1. The average molecular weight is 205 g/mol. The first-order chi connectivity index (χ1) is 4.83. The predicted molar refractivity (Wildman–Crippen MR) is 49.5 cm³/mol. The minimum absolute atomic E-state index is 0.892. The Balaban J connectivity index is 2.11. The molecule has 1 atom stereocenters. The van der Waals surface area contributed by atoms with E-state index < -0.39 is 0 Å². The molecule has 0 aromatic heterocycles. The van der Waals surface area contributed by atoms with Crippen LogP contribution in [0.1, 0.15) is 39.0 Å². The third-order valence-corrected chi connectivity index (χ3v) is 3.58. The van der Waals surface area contributed by atoms with E-state index in [4.69, 9.17) is 0 Å². The molecule has 10 heavy (non-hydrogen) atoms. The van der Waals surface area contributed by atoms with Gasteiger partial charge in [-0.25, -0.2) is 0 Å². The van der Waals surface area contributed by atoms with Gasteiger partial charge in [-0.1, -0.05) is 48.5 Å². The second kappa shape index (κ2) is 4.38. The van der Waals surface area contributed by atoms with Crippen LogP contribution in [0.25, 0.3) is 0 Å². The lowest BCUT2D eigenvalue weighted by Crippen LogP contribution is -2.03. The smallest absolute Gasteiger partial charge is 0.00571 e. The molecule has 0 aliphatic heterocycles. The van der Waals surface area contributed by atoms with Crippen LogP contribution in [0, 0.1) is 11.8 Å². The summed E-state index contributed by atoms with van der Waals surface area (Å²) in [5.74, 6) is 1.95. The summed E-state index contributed by atoms with van der Waals surface area (Å²) in [4.78, 5) is 0. The standard InChI is InChI=1S/C9H17Br/c1-8(7-10)6-9-4-2-3-5-9/h8-9H,2-7H2,1H3. The first kappa shape index (κ1) is 8.58. The fraction of sp³-hybridized carbons (Fsp3) is 1.00. The normalized spacial score (nSPS) is 23.4. The van der Waals surface area contributed by atoms with Gasteiger partial charge in [0.1, 0.15) is 0 Å². The summed E-state index contributed by atoms with van der Waals surface area (Å²) in [6, 6.07) is 0. The SMILES string of the molecule is CC(CBr)CC1CCCC1. The molecule has 1 aliphatic rings. The zero-order chi connectivity index (χ0) is 7.40. The Kier molecular flexibility index (Phi) is 3.75. The van der Waals surface area contributed by atoms with Gasteiger partial charge in [-0.2, -0.15) is 0 Å². The Morgan fingerprint density at radius 3 is 2.50 bits per heavy atom. The largest absolute Gasteiger partial charge is 0.0925 e. The molecule has 0 amide bonds. The first-order valence-electron chi connectivity index (χ1n) is 4.39. The van der Waals surface area contributed by atoms with Gasteiger partial charge in [0.15, 0.2) is 0 Å². The van der Waals surface area contributed by atoms with Crippen LogP contribution in [0.2, 0.25) is 0 Å². The van der Waals surface area contributed by atoms with E-state index in [0.29, 0.717) is 0 Å². The number of halogens is 1. The van der Waals surface area contributed by atoms with E-state index in [9.17, 15) is 0 Å². The van der Waals surface area contributed by atoms with E-state index in [-0.39, 0.29) is 0 Å². The molecule has 1 rings (SSSR count). The van der Waals surface area contributed by atoms with Crippen molar-refractivity contribution in [3.8, 4) is 0 Å². The van der Waals surface area contributed by atoms with Gasteiger partial charge in [0, 0.05) is 5.33 Å². The van der Waals surface area contributed by atoms with Crippen LogP contribution >= 0.6 is 15.9 Å². The molecular formula is C9H17Br. The lowest BCUT2D eigenvalue weighted by atomic mass is 9.96. The van der Waals surface area contributed by atoms with Crippen LogP contribution in [-0.4, -0.2) is 5.33 Å². The Morgan fingerprint density at radius 2 is 2.00 bits per heavy atom. The second-order valence-corrected chi connectivity index (χ2v) is 4.29. The number of rotatable bonds is 3. The van der Waals surface area contributed by atoms with Crippen molar-refractivity contribution in [3.63, 3.8) is 0 Å². The Labute approximate surface area is 72.5 Å². The third kappa shape index (κ3) is 2.61. The van der Waals surface area contributed by atoms with E-state index in [0.717, 1.165) is 11.8 Å². The third-order valence-electron chi connectivity index (χ3n) is 2.47. The van der Waals surface area contributed by atoms with Crippen LogP contribution in [0.4, 0.5) is 0 Å². The molecule has 0 bridgehead atoms. The minimum atomic E-state index is 0.892. The van der Waals surface area contributed by atoms with Gasteiger partial charge in [0.2, 0.25) is 0 Å². The van der Waals surface area contributed by atoms with Crippen molar-refractivity contribution in [2.24, 2.45) is 11.8 Å². The van der Waals surface area contributed by atoms with Gasteiger partial charge in [0.25, 0.3) is 0 Å². The minimum Gasteiger partial charge on any atom is -0.0925 e. The molecule has 0 nitrogen and oxygen atoms in total. The van der Waals surface area contributed by atoms with Crippen molar-refractivity contribution in [1.82, 2.24) is 0 Å². The molecule has 0 N–H and O–H groups in total. The summed E-state index contributed by atoms with van der Waals surface area (Å²) < 4.78 is 0. The van der Waals surface area contributed by atoms with E-state index >= 15 is 0 Å². The maximum atomic E-state index is 3.52. The quantitative estimate of drug-likeness (QED) is 0.617. The van der Waals surface area contributed by atoms with E-state index in [1.807, 2.05) is 0 Å². The molecule has 0 saturated heterocycles. The zero-order valence-corrected chi connectivity index (χ0v) is 8.36. The fourth-order valence-corrected chi connectivity index (χ4v) is 2.14. The first-order valence-corrected chi connectivity index (χ1v) is 5.51. The summed E-state index contributed by atoms with van der Waals surface area (Å²) >= 11 is 3.52. The van der Waals surface area contributed by atoms with Crippen LogP contribution in [-0.2, 0) is 0 Å². The lowest BCUT2D eigenvalue weighted by molar-refractivity contribution is 0.425. The van der Waals surface area contributed by atoms with Crippen molar-refractivity contribution in [1.29, 1.82) is 0 Å². The van der Waals surface area contributed by atoms with Crippen LogP contribution in [0.15, 0.2) is 0 Å². The monoisotopic (exact) mass is 204 g/mol. The Bertz CT molecular complexity index is 84.7. The molecule has 0 aromatic rings. The van der Waals surface area contributed by atoms with Gasteiger partial charge >= 0.3 is 0 Å². The Morgan fingerprint density at radius 1 is 1.40 bits per heavy atom. The number of hydrogen-bond donors (Lipinski definition) is 0. The topological polar surface area (TPSA) is 0 Å². The summed E-state index contributed by atoms with van der Waals surface area (Å²) in [7, 11) is 0. The average Bonchev–Trinajstić information content (AvgIpc) is 2.40. The predicted octanol–water partition coefficient (Wildman–Crippen LogP) is 3.60. The van der Waals surface area contributed by atoms with Crippen LogP contribution in [0.5, 0.6) is 0 Å². The zero-order valence-electron chi connectivity index (χ0n) is 6.78. The number of hydrogen-bond acceptors (Lipinski definition) is 0. The summed E-state index contributed by atoms with van der Waals surface area (Å²) in [5, 5.41) is 1.18. The summed E-state index contributed by atoms with van der Waals surface area (Å²) in [6.07, 6.45) is 7.42. The van der Waals surface area contributed by atoms with E-state index in [1.54, 1.807) is 0 Å². The van der Waals surface area contributed by atoms with Gasteiger partial charge in [-0.15, -0.1) is 0 Å². The highest BCUT2D eigenvalue weighted by Gasteiger charge is 2.16. The van der Waals surface area contributed by atoms with Crippen molar-refractivity contribution in [2.75, 3.05) is 5.33 Å². The molecule has 1 heteroatoms. The van der Waals surface area contributed by atoms with Gasteiger partial charge in [-0.05, 0) is 18.3 Å². The Hall–Kier alpha value is 0.480.